The van der Waals surface area contributed by atoms with E-state index in [1.54, 1.807) is 19.1 Å². The van der Waals surface area contributed by atoms with E-state index in [4.69, 9.17) is 0 Å². The van der Waals surface area contributed by atoms with Crippen LogP contribution in [0.1, 0.15) is 18.4 Å². The Kier molecular flexibility index (Phi) is 4.90. The average molecular weight is 316 g/mol. The number of rotatable bonds is 3. The van der Waals surface area contributed by atoms with Crippen molar-refractivity contribution in [2.45, 2.75) is 19.0 Å². The number of hydrogen-bond donors (Lipinski definition) is 1. The molecule has 0 atom stereocenters. The first-order chi connectivity index (χ1) is 10.3. The van der Waals surface area contributed by atoms with E-state index in [0.717, 1.165) is 12.3 Å². The number of nitrogens with zero attached hydrogens (tertiary/aromatic N) is 3. The second-order valence-electron chi connectivity index (χ2n) is 5.53. The first-order valence-electron chi connectivity index (χ1n) is 7.03. The highest BCUT2D eigenvalue weighted by molar-refractivity contribution is 5.78. The minimum absolute atomic E-state index is 0.0231. The Labute approximate surface area is 127 Å². The molecule has 0 unspecified atom stereocenters. The van der Waals surface area contributed by atoms with Crippen molar-refractivity contribution in [3.05, 3.63) is 23.9 Å². The first-order valence-corrected chi connectivity index (χ1v) is 7.03. The van der Waals surface area contributed by atoms with Gasteiger partial charge in [-0.2, -0.15) is 13.2 Å². The third-order valence-corrected chi connectivity index (χ3v) is 3.60. The highest BCUT2D eigenvalue weighted by atomic mass is 19.4. The SMILES string of the molecule is CN(C)NC(=O)C1CCN(c2ccc(C(F)(F)F)cn2)CC1. The Hall–Kier alpha value is -1.83. The van der Waals surface area contributed by atoms with Gasteiger partial charge < -0.3 is 4.90 Å². The predicted molar refractivity (Wildman–Crippen MR) is 76.0 cm³/mol. The molecule has 2 heterocycles. The van der Waals surface area contributed by atoms with Gasteiger partial charge in [-0.15, -0.1) is 0 Å². The van der Waals surface area contributed by atoms with Crippen LogP contribution < -0.4 is 10.3 Å². The molecule has 122 valence electrons. The number of piperidine rings is 1. The summed E-state index contributed by atoms with van der Waals surface area (Å²) < 4.78 is 37.5. The van der Waals surface area contributed by atoms with Gasteiger partial charge in [-0.3, -0.25) is 10.2 Å². The average Bonchev–Trinajstić information content (AvgIpc) is 2.46. The van der Waals surface area contributed by atoms with E-state index in [1.165, 1.54) is 6.07 Å². The van der Waals surface area contributed by atoms with Crippen molar-refractivity contribution in [3.63, 3.8) is 0 Å². The maximum atomic E-state index is 12.5. The highest BCUT2D eigenvalue weighted by Gasteiger charge is 2.31. The number of alkyl halides is 3. The summed E-state index contributed by atoms with van der Waals surface area (Å²) in [5.41, 5.74) is 1.97. The molecule has 0 saturated carbocycles. The number of aromatic nitrogens is 1. The molecule has 1 amide bonds. The molecular weight excluding hydrogens is 297 g/mol. The predicted octanol–water partition coefficient (Wildman–Crippen LogP) is 1.91. The van der Waals surface area contributed by atoms with Crippen molar-refractivity contribution in [2.75, 3.05) is 32.1 Å². The zero-order chi connectivity index (χ0) is 16.3. The fourth-order valence-electron chi connectivity index (χ4n) is 2.42. The second-order valence-corrected chi connectivity index (χ2v) is 5.53. The number of anilines is 1. The normalized spacial score (nSPS) is 16.9. The lowest BCUT2D eigenvalue weighted by Crippen LogP contribution is -2.44. The number of halogens is 3. The summed E-state index contributed by atoms with van der Waals surface area (Å²) in [6, 6.07) is 2.41. The number of amides is 1. The maximum absolute atomic E-state index is 12.5. The summed E-state index contributed by atoms with van der Waals surface area (Å²) in [6.45, 7) is 1.20. The smallest absolute Gasteiger partial charge is 0.357 e. The number of hydrogen-bond acceptors (Lipinski definition) is 4. The van der Waals surface area contributed by atoms with Crippen LogP contribution in [-0.2, 0) is 11.0 Å². The Balaban J connectivity index is 1.93. The standard InChI is InChI=1S/C14H19F3N4O/c1-20(2)19-13(22)10-5-7-21(8-6-10)12-4-3-11(9-18-12)14(15,16)17/h3-4,9-10H,5-8H2,1-2H3,(H,19,22). The Morgan fingerprint density at radius 2 is 1.95 bits per heavy atom. The molecule has 0 aromatic carbocycles. The van der Waals surface area contributed by atoms with Crippen LogP contribution in [0.15, 0.2) is 18.3 Å². The first kappa shape index (κ1) is 16.5. The third-order valence-electron chi connectivity index (χ3n) is 3.60. The lowest BCUT2D eigenvalue weighted by molar-refractivity contribution is -0.137. The van der Waals surface area contributed by atoms with Gasteiger partial charge in [0.25, 0.3) is 0 Å². The Bertz CT molecular complexity index is 508. The summed E-state index contributed by atoms with van der Waals surface area (Å²) in [5.74, 6) is 0.414. The van der Waals surface area contributed by atoms with Gasteiger partial charge in [-0.05, 0) is 25.0 Å². The van der Waals surface area contributed by atoms with Crippen molar-refractivity contribution in [1.29, 1.82) is 0 Å². The van der Waals surface area contributed by atoms with Gasteiger partial charge in [-0.1, -0.05) is 0 Å². The Morgan fingerprint density at radius 3 is 2.41 bits per heavy atom. The van der Waals surface area contributed by atoms with Crippen LogP contribution >= 0.6 is 0 Å². The van der Waals surface area contributed by atoms with E-state index in [2.05, 4.69) is 10.4 Å². The summed E-state index contributed by atoms with van der Waals surface area (Å²) in [5, 5.41) is 1.60. The van der Waals surface area contributed by atoms with Crippen LogP contribution in [0.5, 0.6) is 0 Å². The van der Waals surface area contributed by atoms with E-state index < -0.39 is 11.7 Å². The molecule has 1 aromatic heterocycles. The highest BCUT2D eigenvalue weighted by Crippen LogP contribution is 2.30. The van der Waals surface area contributed by atoms with Crippen molar-refractivity contribution >= 4 is 11.7 Å². The third kappa shape index (κ3) is 4.09. The second kappa shape index (κ2) is 6.51. The van der Waals surface area contributed by atoms with E-state index in [0.29, 0.717) is 31.7 Å². The van der Waals surface area contributed by atoms with Crippen LogP contribution in [0, 0.1) is 5.92 Å². The van der Waals surface area contributed by atoms with Crippen LogP contribution in [0.4, 0.5) is 19.0 Å². The monoisotopic (exact) mass is 316 g/mol. The largest absolute Gasteiger partial charge is 0.417 e. The minimum Gasteiger partial charge on any atom is -0.357 e. The fraction of sp³-hybridized carbons (Fsp3) is 0.571. The molecule has 1 saturated heterocycles. The van der Waals surface area contributed by atoms with Crippen LogP contribution in [-0.4, -0.2) is 43.1 Å². The quantitative estimate of drug-likeness (QED) is 0.866. The van der Waals surface area contributed by atoms with Crippen molar-refractivity contribution in [3.8, 4) is 0 Å². The van der Waals surface area contributed by atoms with Gasteiger partial charge in [0.2, 0.25) is 5.91 Å². The molecule has 1 aromatic rings. The zero-order valence-electron chi connectivity index (χ0n) is 12.5. The zero-order valence-corrected chi connectivity index (χ0v) is 12.5. The molecule has 0 spiro atoms. The molecule has 1 N–H and O–H groups in total. The van der Waals surface area contributed by atoms with Crippen LogP contribution in [0.3, 0.4) is 0 Å². The maximum Gasteiger partial charge on any atom is 0.417 e. The van der Waals surface area contributed by atoms with Crippen molar-refractivity contribution in [2.24, 2.45) is 5.92 Å². The van der Waals surface area contributed by atoms with Crippen molar-refractivity contribution in [1.82, 2.24) is 15.4 Å². The molecule has 22 heavy (non-hydrogen) atoms. The number of carbonyl (C=O) groups excluding carboxylic acids is 1. The lowest BCUT2D eigenvalue weighted by atomic mass is 9.96. The summed E-state index contributed by atoms with van der Waals surface area (Å²) in [7, 11) is 3.50. The minimum atomic E-state index is -4.37. The molecular formula is C14H19F3N4O. The summed E-state index contributed by atoms with van der Waals surface area (Å²) >= 11 is 0. The fourth-order valence-corrected chi connectivity index (χ4v) is 2.42. The number of hydrazine groups is 1. The molecule has 8 heteroatoms. The molecule has 0 aliphatic carbocycles. The van der Waals surface area contributed by atoms with Gasteiger partial charge in [0.05, 0.1) is 5.56 Å². The lowest BCUT2D eigenvalue weighted by Gasteiger charge is -2.32. The van der Waals surface area contributed by atoms with E-state index >= 15 is 0 Å². The van der Waals surface area contributed by atoms with Gasteiger partial charge in [-0.25, -0.2) is 9.99 Å². The van der Waals surface area contributed by atoms with E-state index in [9.17, 15) is 18.0 Å². The molecule has 1 fully saturated rings. The van der Waals surface area contributed by atoms with E-state index in [1.807, 2.05) is 4.90 Å². The number of pyridine rings is 1. The molecule has 2 rings (SSSR count). The molecule has 5 nitrogen and oxygen atoms in total. The topological polar surface area (TPSA) is 48.5 Å². The van der Waals surface area contributed by atoms with Gasteiger partial charge in [0, 0.05) is 39.3 Å². The molecule has 1 aliphatic rings. The van der Waals surface area contributed by atoms with Crippen LogP contribution in [0.25, 0.3) is 0 Å². The number of carbonyl (C=O) groups is 1. The van der Waals surface area contributed by atoms with E-state index in [-0.39, 0.29) is 11.8 Å². The van der Waals surface area contributed by atoms with Gasteiger partial charge in [0.15, 0.2) is 0 Å². The summed E-state index contributed by atoms with van der Waals surface area (Å²) in [4.78, 5) is 17.7. The Morgan fingerprint density at radius 1 is 1.32 bits per heavy atom. The molecule has 1 aliphatic heterocycles. The summed E-state index contributed by atoms with van der Waals surface area (Å²) in [6.07, 6.45) is -2.21. The molecule has 0 bridgehead atoms. The number of nitrogens with one attached hydrogen (secondary N) is 1. The van der Waals surface area contributed by atoms with Gasteiger partial charge in [0.1, 0.15) is 5.82 Å². The van der Waals surface area contributed by atoms with Gasteiger partial charge >= 0.3 is 6.18 Å². The van der Waals surface area contributed by atoms with Crippen LogP contribution in [0.2, 0.25) is 0 Å². The van der Waals surface area contributed by atoms with Crippen molar-refractivity contribution < 1.29 is 18.0 Å². The molecule has 0 radical (unpaired) electrons.